The summed E-state index contributed by atoms with van der Waals surface area (Å²) in [6, 6.07) is 9.38. The Kier molecular flexibility index (Phi) is 6.79. The third-order valence-electron chi connectivity index (χ3n) is 3.94. The second-order valence-electron chi connectivity index (χ2n) is 5.93. The highest BCUT2D eigenvalue weighted by atomic mass is 35.5. The first kappa shape index (κ1) is 20.8. The molecule has 150 valence electrons. The molecule has 0 fully saturated rings. The number of nitrogens with one attached hydrogen (secondary N) is 1. The molecule has 10 heteroatoms. The number of carbonyl (C=O) groups excluding carboxylic acids is 2. The van der Waals surface area contributed by atoms with Gasteiger partial charge in [-0.25, -0.2) is 19.7 Å². The molecule has 1 aromatic carbocycles. The van der Waals surface area contributed by atoms with Gasteiger partial charge in [0.1, 0.15) is 5.15 Å². The Morgan fingerprint density at radius 1 is 1.10 bits per heavy atom. The summed E-state index contributed by atoms with van der Waals surface area (Å²) in [6.45, 7) is 2.23. The lowest BCUT2D eigenvalue weighted by atomic mass is 10.2. The van der Waals surface area contributed by atoms with Gasteiger partial charge in [-0.15, -0.1) is 0 Å². The molecule has 0 aliphatic carbocycles. The Bertz CT molecular complexity index is 1010. The molecule has 8 nitrogen and oxygen atoms in total. The summed E-state index contributed by atoms with van der Waals surface area (Å²) in [5, 5.41) is -0.0184. The number of hydrogen-bond acceptors (Lipinski definition) is 6. The van der Waals surface area contributed by atoms with Gasteiger partial charge in [0.25, 0.3) is 5.91 Å². The zero-order valence-electron chi connectivity index (χ0n) is 15.4. The SMILES string of the molecule is CCOC(=O)c1nc[nH]c1CN(Cc1ccccc1)C(=O)c1ncc(Cl)nc1Cl. The van der Waals surface area contributed by atoms with Crippen molar-refractivity contribution in [2.75, 3.05) is 6.61 Å². The number of hydrogen-bond donors (Lipinski definition) is 1. The summed E-state index contributed by atoms with van der Waals surface area (Å²) in [4.78, 5) is 41.6. The highest BCUT2D eigenvalue weighted by molar-refractivity contribution is 6.34. The molecule has 0 aliphatic heterocycles. The van der Waals surface area contributed by atoms with Crippen LogP contribution in [0.1, 0.15) is 39.2 Å². The van der Waals surface area contributed by atoms with E-state index in [1.807, 2.05) is 30.3 Å². The molecule has 29 heavy (non-hydrogen) atoms. The van der Waals surface area contributed by atoms with Gasteiger partial charge in [0, 0.05) is 6.54 Å². The highest BCUT2D eigenvalue weighted by Crippen LogP contribution is 2.19. The first-order valence-corrected chi connectivity index (χ1v) is 9.45. The van der Waals surface area contributed by atoms with Crippen LogP contribution in [0.3, 0.4) is 0 Å². The molecule has 0 saturated heterocycles. The van der Waals surface area contributed by atoms with Crippen molar-refractivity contribution in [3.8, 4) is 0 Å². The first-order chi connectivity index (χ1) is 14.0. The number of rotatable bonds is 7. The number of H-pyrrole nitrogens is 1. The maximum Gasteiger partial charge on any atom is 0.358 e. The van der Waals surface area contributed by atoms with Gasteiger partial charge in [-0.3, -0.25) is 4.79 Å². The van der Waals surface area contributed by atoms with Gasteiger partial charge in [-0.2, -0.15) is 0 Å². The lowest BCUT2D eigenvalue weighted by Crippen LogP contribution is -2.32. The molecule has 0 bridgehead atoms. The first-order valence-electron chi connectivity index (χ1n) is 8.70. The lowest BCUT2D eigenvalue weighted by Gasteiger charge is -2.22. The second-order valence-corrected chi connectivity index (χ2v) is 6.67. The third kappa shape index (κ3) is 5.10. The molecular weight excluding hydrogens is 417 g/mol. The van der Waals surface area contributed by atoms with Crippen LogP contribution in [-0.2, 0) is 17.8 Å². The maximum absolute atomic E-state index is 13.2. The molecule has 3 rings (SSSR count). The number of halogens is 2. The van der Waals surface area contributed by atoms with Gasteiger partial charge >= 0.3 is 5.97 Å². The minimum Gasteiger partial charge on any atom is -0.461 e. The summed E-state index contributed by atoms with van der Waals surface area (Å²) in [5.41, 5.74) is 1.40. The molecule has 0 atom stereocenters. The zero-order chi connectivity index (χ0) is 20.8. The van der Waals surface area contributed by atoms with Crippen molar-refractivity contribution in [3.05, 3.63) is 75.8 Å². The van der Waals surface area contributed by atoms with E-state index >= 15 is 0 Å². The van der Waals surface area contributed by atoms with Crippen LogP contribution < -0.4 is 0 Å². The molecule has 0 unspecified atom stereocenters. The van der Waals surface area contributed by atoms with Crippen molar-refractivity contribution in [2.45, 2.75) is 20.0 Å². The van der Waals surface area contributed by atoms with Crippen LogP contribution in [0.15, 0.2) is 42.9 Å². The number of benzene rings is 1. The fourth-order valence-corrected chi connectivity index (χ4v) is 3.05. The van der Waals surface area contributed by atoms with E-state index in [4.69, 9.17) is 27.9 Å². The van der Waals surface area contributed by atoms with E-state index in [2.05, 4.69) is 19.9 Å². The quantitative estimate of drug-likeness (QED) is 0.571. The predicted molar refractivity (Wildman–Crippen MR) is 107 cm³/mol. The average molecular weight is 434 g/mol. The van der Waals surface area contributed by atoms with Crippen molar-refractivity contribution in [1.82, 2.24) is 24.8 Å². The fraction of sp³-hybridized carbons (Fsp3) is 0.211. The Labute approximate surface area is 176 Å². The van der Waals surface area contributed by atoms with Crippen LogP contribution in [0.5, 0.6) is 0 Å². The number of ether oxygens (including phenoxy) is 1. The van der Waals surface area contributed by atoms with Crippen molar-refractivity contribution in [1.29, 1.82) is 0 Å². The second kappa shape index (κ2) is 9.49. The van der Waals surface area contributed by atoms with Crippen molar-refractivity contribution in [2.24, 2.45) is 0 Å². The van der Waals surface area contributed by atoms with Crippen molar-refractivity contribution >= 4 is 35.1 Å². The van der Waals surface area contributed by atoms with Crippen LogP contribution in [0.2, 0.25) is 10.3 Å². The molecule has 3 aromatic rings. The molecule has 0 radical (unpaired) electrons. The van der Waals surface area contributed by atoms with Crippen LogP contribution in [-0.4, -0.2) is 43.3 Å². The molecule has 1 amide bonds. The zero-order valence-corrected chi connectivity index (χ0v) is 16.9. The lowest BCUT2D eigenvalue weighted by molar-refractivity contribution is 0.0514. The molecule has 0 aliphatic rings. The smallest absolute Gasteiger partial charge is 0.358 e. The third-order valence-corrected chi connectivity index (χ3v) is 4.39. The van der Waals surface area contributed by atoms with E-state index in [0.717, 1.165) is 5.56 Å². The minimum absolute atomic E-state index is 0.0378. The van der Waals surface area contributed by atoms with E-state index in [1.165, 1.54) is 17.4 Å². The van der Waals surface area contributed by atoms with Gasteiger partial charge < -0.3 is 14.6 Å². The normalized spacial score (nSPS) is 10.6. The van der Waals surface area contributed by atoms with Crippen LogP contribution in [0.25, 0.3) is 0 Å². The van der Waals surface area contributed by atoms with Gasteiger partial charge in [-0.05, 0) is 12.5 Å². The standard InChI is InChI=1S/C19H17Cl2N5O3/c1-2-29-19(28)15-13(23-11-24-15)10-26(9-12-6-4-3-5-7-12)18(27)16-17(21)25-14(20)8-22-16/h3-8,11H,2,9-10H2,1H3,(H,23,24). The van der Waals surface area contributed by atoms with Gasteiger partial charge in [0.05, 0.1) is 31.4 Å². The Morgan fingerprint density at radius 2 is 1.86 bits per heavy atom. The average Bonchev–Trinajstić information content (AvgIpc) is 3.16. The van der Waals surface area contributed by atoms with Crippen LogP contribution in [0, 0.1) is 0 Å². The van der Waals surface area contributed by atoms with E-state index < -0.39 is 11.9 Å². The summed E-state index contributed by atoms with van der Waals surface area (Å²) in [6.07, 6.45) is 2.63. The van der Waals surface area contributed by atoms with E-state index in [9.17, 15) is 9.59 Å². The maximum atomic E-state index is 13.2. The number of carbonyl (C=O) groups is 2. The van der Waals surface area contributed by atoms with Gasteiger partial charge in [0.2, 0.25) is 0 Å². The van der Waals surface area contributed by atoms with Crippen molar-refractivity contribution in [3.63, 3.8) is 0 Å². The minimum atomic E-state index is -0.569. The molecule has 1 N–H and O–H groups in total. The molecule has 2 heterocycles. The van der Waals surface area contributed by atoms with Crippen molar-refractivity contribution < 1.29 is 14.3 Å². The fourth-order valence-electron chi connectivity index (χ4n) is 2.65. The molecular formula is C19H17Cl2N5O3. The Hall–Kier alpha value is -2.97. The summed E-state index contributed by atoms with van der Waals surface area (Å²) in [7, 11) is 0. The monoisotopic (exact) mass is 433 g/mol. The number of esters is 1. The Morgan fingerprint density at radius 3 is 2.55 bits per heavy atom. The topological polar surface area (TPSA) is 101 Å². The summed E-state index contributed by atoms with van der Waals surface area (Å²) < 4.78 is 5.02. The number of nitrogens with zero attached hydrogens (tertiary/aromatic N) is 4. The molecule has 0 saturated carbocycles. The number of amides is 1. The highest BCUT2D eigenvalue weighted by Gasteiger charge is 2.25. The van der Waals surface area contributed by atoms with Gasteiger partial charge in [0.15, 0.2) is 16.5 Å². The largest absolute Gasteiger partial charge is 0.461 e. The summed E-state index contributed by atoms with van der Waals surface area (Å²) in [5.74, 6) is -1.03. The van der Waals surface area contributed by atoms with E-state index in [0.29, 0.717) is 5.69 Å². The van der Waals surface area contributed by atoms with Crippen LogP contribution in [0.4, 0.5) is 0 Å². The van der Waals surface area contributed by atoms with E-state index in [1.54, 1.807) is 6.92 Å². The molecule has 2 aromatic heterocycles. The van der Waals surface area contributed by atoms with Gasteiger partial charge in [-0.1, -0.05) is 53.5 Å². The number of imidazole rings is 1. The summed E-state index contributed by atoms with van der Waals surface area (Å²) >= 11 is 11.9. The molecule has 0 spiro atoms. The Balaban J connectivity index is 1.93. The number of aromatic amines is 1. The predicted octanol–water partition coefficient (Wildman–Crippen LogP) is 3.53. The van der Waals surface area contributed by atoms with Crippen LogP contribution >= 0.6 is 23.2 Å². The number of aromatic nitrogens is 4. The van der Waals surface area contributed by atoms with E-state index in [-0.39, 0.29) is 41.4 Å².